The predicted molar refractivity (Wildman–Crippen MR) is 137 cm³/mol. The molecular formula is C23H28ClN3O5S2. The van der Waals surface area contributed by atoms with Gasteiger partial charge in [-0.1, -0.05) is 25.2 Å². The first-order chi connectivity index (χ1) is 15.8. The molecule has 0 spiro atoms. The molecule has 184 valence electrons. The molecule has 0 radical (unpaired) electrons. The zero-order chi connectivity index (χ0) is 23.6. The summed E-state index contributed by atoms with van der Waals surface area (Å²) in [6.07, 6.45) is 1.18. The molecule has 0 fully saturated rings. The van der Waals surface area contributed by atoms with Gasteiger partial charge in [-0.2, -0.15) is 0 Å². The maximum Gasteiger partial charge on any atom is 0.260 e. The van der Waals surface area contributed by atoms with Crippen molar-refractivity contribution in [2.45, 2.75) is 18.7 Å². The second-order valence-corrected chi connectivity index (χ2v) is 10.8. The number of aromatic nitrogens is 1. The SMILES string of the molecule is CCN(CC)CCN(C(=O)c1ccc2c(c1)OCCO2)c1nc2ccc(S(C)(=O)=O)cc2s1.Cl. The van der Waals surface area contributed by atoms with Crippen LogP contribution in [0.25, 0.3) is 10.2 Å². The fourth-order valence-corrected chi connectivity index (χ4v) is 5.39. The summed E-state index contributed by atoms with van der Waals surface area (Å²) in [7, 11) is -3.34. The number of carbonyl (C=O) groups excluding carboxylic acids is 1. The van der Waals surface area contributed by atoms with Crippen molar-refractivity contribution in [2.24, 2.45) is 0 Å². The van der Waals surface area contributed by atoms with Gasteiger partial charge in [-0.3, -0.25) is 9.69 Å². The van der Waals surface area contributed by atoms with Gasteiger partial charge in [-0.15, -0.1) is 12.4 Å². The third kappa shape index (κ3) is 5.63. The highest BCUT2D eigenvalue weighted by atomic mass is 35.5. The quantitative estimate of drug-likeness (QED) is 0.441. The van der Waals surface area contributed by atoms with Crippen LogP contribution in [0, 0.1) is 0 Å². The van der Waals surface area contributed by atoms with E-state index in [0.29, 0.717) is 54.0 Å². The molecule has 0 aliphatic carbocycles. The molecule has 4 rings (SSSR count). The Kier molecular flexibility index (Phi) is 8.40. The number of hydrogen-bond donors (Lipinski definition) is 0. The highest BCUT2D eigenvalue weighted by Gasteiger charge is 2.24. The number of sulfone groups is 1. The minimum absolute atomic E-state index is 0. The Morgan fingerprint density at radius 1 is 1.03 bits per heavy atom. The minimum atomic E-state index is -3.34. The Labute approximate surface area is 209 Å². The van der Waals surface area contributed by atoms with Crippen LogP contribution in [0.2, 0.25) is 0 Å². The molecule has 0 bridgehead atoms. The Morgan fingerprint density at radius 3 is 2.41 bits per heavy atom. The molecule has 8 nitrogen and oxygen atoms in total. The van der Waals surface area contributed by atoms with Gasteiger partial charge < -0.3 is 14.4 Å². The molecule has 3 aromatic rings. The highest BCUT2D eigenvalue weighted by Crippen LogP contribution is 2.34. The maximum atomic E-state index is 13.6. The van der Waals surface area contributed by atoms with Crippen molar-refractivity contribution < 1.29 is 22.7 Å². The second-order valence-electron chi connectivity index (χ2n) is 7.74. The molecule has 11 heteroatoms. The Hall–Kier alpha value is -2.40. The van der Waals surface area contributed by atoms with Crippen molar-refractivity contribution in [2.75, 3.05) is 50.5 Å². The monoisotopic (exact) mass is 525 g/mol. The van der Waals surface area contributed by atoms with Crippen LogP contribution in [0.4, 0.5) is 5.13 Å². The molecule has 2 aromatic carbocycles. The molecule has 1 aliphatic rings. The standard InChI is InChI=1S/C23H27N3O5S2.ClH/c1-4-25(5-2)10-11-26(22(27)16-6-9-19-20(14-16)31-13-12-30-19)23-24-18-8-7-17(33(3,28)29)15-21(18)32-23;/h6-9,14-15H,4-5,10-13H2,1-3H3;1H. The van der Waals surface area contributed by atoms with Gasteiger partial charge in [0, 0.05) is 24.9 Å². The summed E-state index contributed by atoms with van der Waals surface area (Å²) in [6, 6.07) is 10.0. The van der Waals surface area contributed by atoms with E-state index >= 15 is 0 Å². The Bertz CT molecular complexity index is 1270. The van der Waals surface area contributed by atoms with E-state index in [-0.39, 0.29) is 23.2 Å². The average Bonchev–Trinajstić information content (AvgIpc) is 3.23. The number of halogens is 1. The first-order valence-electron chi connectivity index (χ1n) is 10.8. The third-order valence-corrected chi connectivity index (χ3v) is 7.73. The van der Waals surface area contributed by atoms with Gasteiger partial charge in [-0.05, 0) is 49.5 Å². The number of ether oxygens (including phenoxy) is 2. The summed E-state index contributed by atoms with van der Waals surface area (Å²) in [4.78, 5) is 22.4. The fraction of sp³-hybridized carbons (Fsp3) is 0.391. The van der Waals surface area contributed by atoms with Crippen LogP contribution < -0.4 is 14.4 Å². The van der Waals surface area contributed by atoms with Gasteiger partial charge in [0.2, 0.25) is 0 Å². The molecular weight excluding hydrogens is 498 g/mol. The van der Waals surface area contributed by atoms with Crippen molar-refractivity contribution in [1.29, 1.82) is 0 Å². The predicted octanol–water partition coefficient (Wildman–Crippen LogP) is 3.88. The third-order valence-electron chi connectivity index (χ3n) is 5.58. The van der Waals surface area contributed by atoms with Gasteiger partial charge in [0.15, 0.2) is 26.5 Å². The van der Waals surface area contributed by atoms with Crippen LogP contribution in [-0.2, 0) is 9.84 Å². The van der Waals surface area contributed by atoms with Crippen molar-refractivity contribution >= 4 is 54.8 Å². The van der Waals surface area contributed by atoms with E-state index < -0.39 is 9.84 Å². The van der Waals surface area contributed by atoms with Gasteiger partial charge >= 0.3 is 0 Å². The number of benzene rings is 2. The molecule has 1 aliphatic heterocycles. The normalized spacial score (nSPS) is 13.1. The highest BCUT2D eigenvalue weighted by molar-refractivity contribution is 7.90. The summed E-state index contributed by atoms with van der Waals surface area (Å²) < 4.78 is 35.9. The molecule has 0 saturated carbocycles. The summed E-state index contributed by atoms with van der Waals surface area (Å²) in [6.45, 7) is 7.98. The first-order valence-corrected chi connectivity index (χ1v) is 13.6. The molecule has 0 saturated heterocycles. The molecule has 1 amide bonds. The van der Waals surface area contributed by atoms with E-state index in [1.54, 1.807) is 41.3 Å². The first kappa shape index (κ1) is 26.2. The van der Waals surface area contributed by atoms with E-state index in [0.717, 1.165) is 17.8 Å². The number of carbonyl (C=O) groups is 1. The van der Waals surface area contributed by atoms with Crippen LogP contribution in [-0.4, -0.2) is 69.9 Å². The lowest BCUT2D eigenvalue weighted by molar-refractivity contribution is 0.0982. The summed E-state index contributed by atoms with van der Waals surface area (Å²) in [5.74, 6) is 0.986. The van der Waals surface area contributed by atoms with Gasteiger partial charge in [0.25, 0.3) is 5.91 Å². The zero-order valence-electron chi connectivity index (χ0n) is 19.3. The van der Waals surface area contributed by atoms with E-state index in [1.807, 2.05) is 0 Å². The lowest BCUT2D eigenvalue weighted by Crippen LogP contribution is -2.38. The van der Waals surface area contributed by atoms with E-state index in [1.165, 1.54) is 17.6 Å². The van der Waals surface area contributed by atoms with Crippen LogP contribution in [0.5, 0.6) is 11.5 Å². The van der Waals surface area contributed by atoms with Crippen molar-refractivity contribution in [3.05, 3.63) is 42.0 Å². The summed E-state index contributed by atoms with van der Waals surface area (Å²) in [5.41, 5.74) is 1.14. The van der Waals surface area contributed by atoms with Crippen molar-refractivity contribution in [3.8, 4) is 11.5 Å². The van der Waals surface area contributed by atoms with Crippen molar-refractivity contribution in [3.63, 3.8) is 0 Å². The molecule has 0 unspecified atom stereocenters. The molecule has 34 heavy (non-hydrogen) atoms. The molecule has 0 atom stereocenters. The van der Waals surface area contributed by atoms with Gasteiger partial charge in [0.05, 0.1) is 15.1 Å². The summed E-state index contributed by atoms with van der Waals surface area (Å²) in [5, 5.41) is 0.530. The number of fused-ring (bicyclic) bond motifs is 2. The smallest absolute Gasteiger partial charge is 0.260 e. The largest absolute Gasteiger partial charge is 0.486 e. The second kappa shape index (κ2) is 10.9. The zero-order valence-corrected chi connectivity index (χ0v) is 21.8. The van der Waals surface area contributed by atoms with Crippen LogP contribution in [0.3, 0.4) is 0 Å². The lowest BCUT2D eigenvalue weighted by Gasteiger charge is -2.25. The topological polar surface area (TPSA) is 89.0 Å². The number of rotatable bonds is 8. The lowest BCUT2D eigenvalue weighted by atomic mass is 10.1. The number of amides is 1. The van der Waals surface area contributed by atoms with E-state index in [2.05, 4.69) is 23.7 Å². The van der Waals surface area contributed by atoms with Crippen molar-refractivity contribution in [1.82, 2.24) is 9.88 Å². The number of likely N-dealkylation sites (N-methyl/N-ethyl adjacent to an activating group) is 1. The van der Waals surface area contributed by atoms with Crippen LogP contribution >= 0.6 is 23.7 Å². The number of hydrogen-bond acceptors (Lipinski definition) is 8. The fourth-order valence-electron chi connectivity index (χ4n) is 3.64. The number of anilines is 1. The van der Waals surface area contributed by atoms with Crippen LogP contribution in [0.15, 0.2) is 41.3 Å². The minimum Gasteiger partial charge on any atom is -0.486 e. The molecule has 1 aromatic heterocycles. The summed E-state index contributed by atoms with van der Waals surface area (Å²) >= 11 is 1.31. The Balaban J connectivity index is 0.00000324. The Morgan fingerprint density at radius 2 is 1.74 bits per heavy atom. The average molecular weight is 526 g/mol. The van der Waals surface area contributed by atoms with Crippen LogP contribution in [0.1, 0.15) is 24.2 Å². The maximum absolute atomic E-state index is 13.6. The van der Waals surface area contributed by atoms with Gasteiger partial charge in [-0.25, -0.2) is 13.4 Å². The molecule has 2 heterocycles. The van der Waals surface area contributed by atoms with E-state index in [4.69, 9.17) is 9.47 Å². The number of thiazole rings is 1. The van der Waals surface area contributed by atoms with Gasteiger partial charge in [0.1, 0.15) is 13.2 Å². The number of nitrogens with zero attached hydrogens (tertiary/aromatic N) is 3. The molecule has 0 N–H and O–H groups in total. The van der Waals surface area contributed by atoms with E-state index in [9.17, 15) is 13.2 Å².